The third-order valence-corrected chi connectivity index (χ3v) is 6.51. The first-order valence-electron chi connectivity index (χ1n) is 12.0. The number of anilines is 1. The van der Waals surface area contributed by atoms with Gasteiger partial charge < -0.3 is 18.8 Å². The Morgan fingerprint density at radius 3 is 2.47 bits per heavy atom. The Morgan fingerprint density at radius 1 is 0.912 bits per heavy atom. The summed E-state index contributed by atoms with van der Waals surface area (Å²) < 4.78 is 13.6. The number of methoxy groups -OCH3 is 1. The summed E-state index contributed by atoms with van der Waals surface area (Å²) in [5.74, 6) is 1.86. The van der Waals surface area contributed by atoms with Gasteiger partial charge in [0, 0.05) is 50.7 Å². The van der Waals surface area contributed by atoms with E-state index < -0.39 is 0 Å². The van der Waals surface area contributed by atoms with E-state index in [0.29, 0.717) is 0 Å². The van der Waals surface area contributed by atoms with Crippen LogP contribution in [0.3, 0.4) is 0 Å². The summed E-state index contributed by atoms with van der Waals surface area (Å²) in [6.45, 7) is 8.02. The van der Waals surface area contributed by atoms with Gasteiger partial charge in [-0.3, -0.25) is 4.90 Å². The smallest absolute Gasteiger partial charge is 0.142 e. The molecule has 0 spiro atoms. The molecule has 1 saturated heterocycles. The number of aryl methyl sites for hydroxylation is 1. The van der Waals surface area contributed by atoms with Crippen LogP contribution in [0.5, 0.6) is 11.5 Å². The van der Waals surface area contributed by atoms with Crippen LogP contribution in [0.1, 0.15) is 12.0 Å². The van der Waals surface area contributed by atoms with Crippen LogP contribution in [0.25, 0.3) is 16.9 Å². The number of fused-ring (bicyclic) bond motifs is 1. The second-order valence-corrected chi connectivity index (χ2v) is 8.78. The lowest BCUT2D eigenvalue weighted by Gasteiger charge is -2.36. The van der Waals surface area contributed by atoms with E-state index in [1.165, 1.54) is 11.3 Å². The van der Waals surface area contributed by atoms with Crippen molar-refractivity contribution in [2.24, 2.45) is 0 Å². The molecule has 0 atom stereocenters. The van der Waals surface area contributed by atoms with Gasteiger partial charge in [0.15, 0.2) is 0 Å². The number of aromatic nitrogens is 2. The zero-order chi connectivity index (χ0) is 23.3. The number of ether oxygens (including phenoxy) is 2. The number of nitrogens with zero attached hydrogens (tertiary/aromatic N) is 4. The molecule has 5 rings (SSSR count). The molecule has 6 nitrogen and oxygen atoms in total. The van der Waals surface area contributed by atoms with E-state index in [2.05, 4.69) is 57.7 Å². The molecule has 2 aromatic carbocycles. The molecule has 0 radical (unpaired) electrons. The van der Waals surface area contributed by atoms with E-state index >= 15 is 0 Å². The van der Waals surface area contributed by atoms with Crippen LogP contribution in [-0.2, 0) is 0 Å². The fraction of sp³-hybridized carbons (Fsp3) is 0.321. The van der Waals surface area contributed by atoms with Crippen LogP contribution < -0.4 is 14.4 Å². The summed E-state index contributed by atoms with van der Waals surface area (Å²) >= 11 is 0. The number of hydrogen-bond acceptors (Lipinski definition) is 5. The Hall–Kier alpha value is -3.51. The highest BCUT2D eigenvalue weighted by Crippen LogP contribution is 2.28. The Bertz CT molecular complexity index is 1230. The molecular formula is C28H32N4O2. The van der Waals surface area contributed by atoms with Crippen LogP contribution in [0.15, 0.2) is 73.1 Å². The Labute approximate surface area is 201 Å². The SMILES string of the molecule is COc1ccccc1N1CCN(CCCOc2ccc(-c3cn4cccc(C)c4n3)cc2)CC1. The molecule has 2 aromatic heterocycles. The van der Waals surface area contributed by atoms with Crippen LogP contribution in [0.2, 0.25) is 0 Å². The zero-order valence-electron chi connectivity index (χ0n) is 20.0. The molecular weight excluding hydrogens is 424 g/mol. The third-order valence-electron chi connectivity index (χ3n) is 6.51. The molecule has 34 heavy (non-hydrogen) atoms. The maximum atomic E-state index is 6.01. The number of pyridine rings is 1. The van der Waals surface area contributed by atoms with Crippen molar-refractivity contribution in [2.75, 3.05) is 51.3 Å². The van der Waals surface area contributed by atoms with E-state index in [-0.39, 0.29) is 0 Å². The van der Waals surface area contributed by atoms with Crippen molar-refractivity contribution in [1.29, 1.82) is 0 Å². The van der Waals surface area contributed by atoms with E-state index in [1.807, 2.05) is 36.5 Å². The lowest BCUT2D eigenvalue weighted by molar-refractivity contribution is 0.224. The summed E-state index contributed by atoms with van der Waals surface area (Å²) in [6.07, 6.45) is 5.13. The minimum absolute atomic E-state index is 0.722. The summed E-state index contributed by atoms with van der Waals surface area (Å²) in [5.41, 5.74) is 5.45. The normalized spacial score (nSPS) is 14.5. The van der Waals surface area contributed by atoms with Gasteiger partial charge in [-0.1, -0.05) is 18.2 Å². The Balaban J connectivity index is 1.07. The monoisotopic (exact) mass is 456 g/mol. The third kappa shape index (κ3) is 4.87. The van der Waals surface area contributed by atoms with E-state index in [0.717, 1.165) is 74.2 Å². The number of imidazole rings is 1. The summed E-state index contributed by atoms with van der Waals surface area (Å²) in [5, 5.41) is 0. The molecule has 1 aliphatic rings. The topological polar surface area (TPSA) is 42.2 Å². The first kappa shape index (κ1) is 22.3. The molecule has 4 aromatic rings. The molecule has 0 amide bonds. The van der Waals surface area contributed by atoms with Gasteiger partial charge in [-0.25, -0.2) is 4.98 Å². The highest BCUT2D eigenvalue weighted by Gasteiger charge is 2.19. The molecule has 176 valence electrons. The van der Waals surface area contributed by atoms with Crippen molar-refractivity contribution >= 4 is 11.3 Å². The van der Waals surface area contributed by atoms with Gasteiger partial charge in [0.25, 0.3) is 0 Å². The average molecular weight is 457 g/mol. The van der Waals surface area contributed by atoms with Crippen molar-refractivity contribution < 1.29 is 9.47 Å². The maximum Gasteiger partial charge on any atom is 0.142 e. The first-order valence-corrected chi connectivity index (χ1v) is 12.0. The second-order valence-electron chi connectivity index (χ2n) is 8.78. The highest BCUT2D eigenvalue weighted by atomic mass is 16.5. The standard InChI is InChI=1S/C28H32N4O2/c1-22-7-5-15-32-21-25(29-28(22)32)23-10-12-24(13-11-23)34-20-6-14-30-16-18-31(19-17-30)26-8-3-4-9-27(26)33-2/h3-5,7-13,15,21H,6,14,16-20H2,1-2H3. The quantitative estimate of drug-likeness (QED) is 0.353. The molecule has 0 bridgehead atoms. The summed E-state index contributed by atoms with van der Waals surface area (Å²) in [4.78, 5) is 9.71. The first-order chi connectivity index (χ1) is 16.7. The van der Waals surface area contributed by atoms with Crippen molar-refractivity contribution in [3.63, 3.8) is 0 Å². The minimum Gasteiger partial charge on any atom is -0.495 e. The van der Waals surface area contributed by atoms with Gasteiger partial charge in [0.1, 0.15) is 17.1 Å². The van der Waals surface area contributed by atoms with Gasteiger partial charge in [-0.05, 0) is 61.4 Å². The van der Waals surface area contributed by atoms with Crippen LogP contribution >= 0.6 is 0 Å². The summed E-state index contributed by atoms with van der Waals surface area (Å²) in [6, 6.07) is 20.7. The number of piperazine rings is 1. The number of benzene rings is 2. The van der Waals surface area contributed by atoms with Crippen molar-refractivity contribution in [2.45, 2.75) is 13.3 Å². The Morgan fingerprint density at radius 2 is 1.71 bits per heavy atom. The van der Waals surface area contributed by atoms with E-state index in [4.69, 9.17) is 14.5 Å². The van der Waals surface area contributed by atoms with Crippen molar-refractivity contribution in [3.05, 3.63) is 78.6 Å². The van der Waals surface area contributed by atoms with Gasteiger partial charge in [0.2, 0.25) is 0 Å². The average Bonchev–Trinajstić information content (AvgIpc) is 3.33. The lowest BCUT2D eigenvalue weighted by Crippen LogP contribution is -2.46. The molecule has 0 saturated carbocycles. The van der Waals surface area contributed by atoms with Crippen LogP contribution in [0, 0.1) is 6.92 Å². The maximum absolute atomic E-state index is 6.01. The zero-order valence-corrected chi connectivity index (χ0v) is 20.0. The number of rotatable bonds is 8. The number of para-hydroxylation sites is 2. The molecule has 0 unspecified atom stereocenters. The van der Waals surface area contributed by atoms with E-state index in [9.17, 15) is 0 Å². The second kappa shape index (κ2) is 10.2. The fourth-order valence-electron chi connectivity index (χ4n) is 4.60. The molecule has 1 fully saturated rings. The fourth-order valence-corrected chi connectivity index (χ4v) is 4.60. The molecule has 0 N–H and O–H groups in total. The molecule has 0 aliphatic carbocycles. The number of hydrogen-bond donors (Lipinski definition) is 0. The van der Waals surface area contributed by atoms with Gasteiger partial charge in [-0.2, -0.15) is 0 Å². The minimum atomic E-state index is 0.722. The summed E-state index contributed by atoms with van der Waals surface area (Å²) in [7, 11) is 1.74. The van der Waals surface area contributed by atoms with Gasteiger partial charge in [0.05, 0.1) is 25.1 Å². The van der Waals surface area contributed by atoms with E-state index in [1.54, 1.807) is 7.11 Å². The van der Waals surface area contributed by atoms with Crippen LogP contribution in [-0.4, -0.2) is 60.7 Å². The highest BCUT2D eigenvalue weighted by molar-refractivity contribution is 5.64. The predicted molar refractivity (Wildman–Crippen MR) is 137 cm³/mol. The lowest BCUT2D eigenvalue weighted by atomic mass is 10.1. The van der Waals surface area contributed by atoms with Crippen molar-refractivity contribution in [1.82, 2.24) is 14.3 Å². The predicted octanol–water partition coefficient (Wildman–Crippen LogP) is 4.91. The Kier molecular flexibility index (Phi) is 6.67. The molecule has 6 heteroatoms. The molecule has 3 heterocycles. The molecule has 1 aliphatic heterocycles. The van der Waals surface area contributed by atoms with Crippen LogP contribution in [0.4, 0.5) is 5.69 Å². The van der Waals surface area contributed by atoms with Crippen molar-refractivity contribution in [3.8, 4) is 22.8 Å². The van der Waals surface area contributed by atoms with Gasteiger partial charge in [-0.15, -0.1) is 0 Å². The van der Waals surface area contributed by atoms with Gasteiger partial charge >= 0.3 is 0 Å². The largest absolute Gasteiger partial charge is 0.495 e.